The normalized spacial score (nSPS) is 11.6. The third kappa shape index (κ3) is 6.33. The molecule has 0 aliphatic rings. The van der Waals surface area contributed by atoms with Gasteiger partial charge < -0.3 is 23.0 Å². The molecule has 0 saturated carbocycles. The maximum atomic E-state index is 12.9. The molecule has 1 unspecified atom stereocenters. The van der Waals surface area contributed by atoms with Gasteiger partial charge in [0.25, 0.3) is 0 Å². The lowest BCUT2D eigenvalue weighted by molar-refractivity contribution is -0.148. The molecule has 9 heteroatoms. The van der Waals surface area contributed by atoms with Crippen molar-refractivity contribution >= 4 is 23.7 Å². The lowest BCUT2D eigenvalue weighted by atomic mass is 10.1. The Labute approximate surface area is 173 Å². The Morgan fingerprint density at radius 3 is 1.87 bits per heavy atom. The molecule has 2 rings (SSSR count). The summed E-state index contributed by atoms with van der Waals surface area (Å²) >= 11 is 0. The molecular weight excluding hydrogens is 396 g/mol. The molecule has 2 aromatic rings. The number of carbonyl (C=O) groups is 4. The number of esters is 3. The molecule has 0 amide bonds. The third-order valence-electron chi connectivity index (χ3n) is 3.95. The maximum absolute atomic E-state index is 12.9. The average molecular weight is 420 g/mol. The average Bonchev–Trinajstić information content (AvgIpc) is 3.43. The lowest BCUT2D eigenvalue weighted by Crippen LogP contribution is -2.19. The number of rotatable bonds is 11. The molecule has 0 bridgehead atoms. The molecular formula is C21H24O9. The zero-order valence-corrected chi connectivity index (χ0v) is 17.1. The van der Waals surface area contributed by atoms with Crippen LogP contribution in [0, 0.1) is 0 Å². The smallest absolute Gasteiger partial charge is 0.306 e. The Hall–Kier alpha value is -3.36. The van der Waals surface area contributed by atoms with E-state index in [1.165, 1.54) is 24.3 Å². The van der Waals surface area contributed by atoms with Gasteiger partial charge in [0.2, 0.25) is 11.9 Å². The summed E-state index contributed by atoms with van der Waals surface area (Å²) in [6.07, 6.45) is -0.875. The number of ether oxygens (including phenoxy) is 3. The molecule has 1 atom stereocenters. The Morgan fingerprint density at radius 1 is 0.767 bits per heavy atom. The zero-order chi connectivity index (χ0) is 22.1. The van der Waals surface area contributed by atoms with Crippen molar-refractivity contribution in [3.63, 3.8) is 0 Å². The molecule has 0 aliphatic carbocycles. The highest BCUT2D eigenvalue weighted by Crippen LogP contribution is 2.27. The summed E-state index contributed by atoms with van der Waals surface area (Å²) in [4.78, 5) is 47.3. The van der Waals surface area contributed by atoms with Gasteiger partial charge >= 0.3 is 17.9 Å². The monoisotopic (exact) mass is 420 g/mol. The van der Waals surface area contributed by atoms with Crippen LogP contribution in [0.4, 0.5) is 0 Å². The number of hydrogen-bond donors (Lipinski definition) is 0. The molecule has 0 radical (unpaired) electrons. The summed E-state index contributed by atoms with van der Waals surface area (Å²) in [6, 6.07) is 5.88. The third-order valence-corrected chi connectivity index (χ3v) is 3.95. The van der Waals surface area contributed by atoms with E-state index in [2.05, 4.69) is 0 Å². The van der Waals surface area contributed by atoms with Gasteiger partial charge in [0.1, 0.15) is 24.7 Å². The van der Waals surface area contributed by atoms with Crippen molar-refractivity contribution in [1.29, 1.82) is 0 Å². The molecule has 162 valence electrons. The van der Waals surface area contributed by atoms with Gasteiger partial charge in [0, 0.05) is 19.3 Å². The SMILES string of the molecule is CCC(=O)OCc1ccc(C(=O)C(OC(=O)CC)c2ccc(COC(=O)CC)o2)o1. The molecule has 30 heavy (non-hydrogen) atoms. The van der Waals surface area contributed by atoms with E-state index in [9.17, 15) is 19.2 Å². The number of hydrogen-bond acceptors (Lipinski definition) is 9. The van der Waals surface area contributed by atoms with E-state index in [-0.39, 0.29) is 49.8 Å². The standard InChI is InChI=1S/C21H24O9/c1-4-17(22)26-11-13-7-9-15(28-13)20(25)21(30-19(24)6-3)16-10-8-14(29-16)12-27-18(23)5-2/h7-10,21H,4-6,11-12H2,1-3H3. The second-order valence-corrected chi connectivity index (χ2v) is 6.19. The summed E-state index contributed by atoms with van der Waals surface area (Å²) in [5.74, 6) is -1.49. The van der Waals surface area contributed by atoms with E-state index in [0.717, 1.165) is 0 Å². The van der Waals surface area contributed by atoms with Crippen molar-refractivity contribution in [3.8, 4) is 0 Å². The van der Waals surface area contributed by atoms with Crippen molar-refractivity contribution in [1.82, 2.24) is 0 Å². The van der Waals surface area contributed by atoms with Gasteiger partial charge in [-0.05, 0) is 24.3 Å². The highest BCUT2D eigenvalue weighted by Gasteiger charge is 2.31. The van der Waals surface area contributed by atoms with Crippen LogP contribution in [0.15, 0.2) is 33.1 Å². The summed E-state index contributed by atoms with van der Waals surface area (Å²) < 4.78 is 26.2. The molecule has 0 aromatic carbocycles. The van der Waals surface area contributed by atoms with Crippen LogP contribution in [0.5, 0.6) is 0 Å². The van der Waals surface area contributed by atoms with Crippen LogP contribution in [0.2, 0.25) is 0 Å². The molecule has 0 aliphatic heterocycles. The van der Waals surface area contributed by atoms with Gasteiger partial charge in [-0.2, -0.15) is 0 Å². The molecule has 0 N–H and O–H groups in total. The molecule has 2 aromatic heterocycles. The Kier molecular flexibility index (Phi) is 8.40. The minimum absolute atomic E-state index is 0.0574. The van der Waals surface area contributed by atoms with Crippen LogP contribution >= 0.6 is 0 Å². The molecule has 0 saturated heterocycles. The van der Waals surface area contributed by atoms with Crippen LogP contribution < -0.4 is 0 Å². The van der Waals surface area contributed by atoms with Crippen LogP contribution in [-0.4, -0.2) is 23.7 Å². The topological polar surface area (TPSA) is 122 Å². The Balaban J connectivity index is 2.16. The van der Waals surface area contributed by atoms with E-state index in [0.29, 0.717) is 5.76 Å². The quantitative estimate of drug-likeness (QED) is 0.304. The van der Waals surface area contributed by atoms with Gasteiger partial charge in [-0.3, -0.25) is 19.2 Å². The number of carbonyl (C=O) groups excluding carboxylic acids is 4. The molecule has 2 heterocycles. The predicted octanol–water partition coefficient (Wildman–Crippen LogP) is 3.66. The first-order chi connectivity index (χ1) is 14.4. The van der Waals surface area contributed by atoms with Crippen molar-refractivity contribution in [2.75, 3.05) is 0 Å². The van der Waals surface area contributed by atoms with E-state index in [1.807, 2.05) is 0 Å². The van der Waals surface area contributed by atoms with E-state index in [1.54, 1.807) is 20.8 Å². The number of Topliss-reactive ketones (excluding diaryl/α,β-unsaturated/α-hetero) is 1. The second-order valence-electron chi connectivity index (χ2n) is 6.19. The first-order valence-corrected chi connectivity index (χ1v) is 9.60. The fraction of sp³-hybridized carbons (Fsp3) is 0.429. The first kappa shape index (κ1) is 22.9. The fourth-order valence-electron chi connectivity index (χ4n) is 2.29. The Bertz CT molecular complexity index is 890. The molecule has 0 fully saturated rings. The minimum atomic E-state index is -1.37. The summed E-state index contributed by atoms with van der Waals surface area (Å²) in [7, 11) is 0. The summed E-state index contributed by atoms with van der Waals surface area (Å²) in [6.45, 7) is 4.69. The van der Waals surface area contributed by atoms with Gasteiger partial charge in [0.05, 0.1) is 0 Å². The fourth-order valence-corrected chi connectivity index (χ4v) is 2.29. The van der Waals surface area contributed by atoms with Crippen molar-refractivity contribution < 1.29 is 42.2 Å². The van der Waals surface area contributed by atoms with Crippen LogP contribution in [0.3, 0.4) is 0 Å². The number of furan rings is 2. The zero-order valence-electron chi connectivity index (χ0n) is 17.1. The van der Waals surface area contributed by atoms with Crippen molar-refractivity contribution in [2.45, 2.75) is 59.4 Å². The van der Waals surface area contributed by atoms with E-state index >= 15 is 0 Å². The van der Waals surface area contributed by atoms with Crippen LogP contribution in [0.1, 0.15) is 74.0 Å². The van der Waals surface area contributed by atoms with E-state index < -0.39 is 29.8 Å². The Morgan fingerprint density at radius 2 is 1.30 bits per heavy atom. The largest absolute Gasteiger partial charge is 0.458 e. The van der Waals surface area contributed by atoms with Gasteiger partial charge in [-0.1, -0.05) is 20.8 Å². The van der Waals surface area contributed by atoms with Gasteiger partial charge in [-0.15, -0.1) is 0 Å². The predicted molar refractivity (Wildman–Crippen MR) is 101 cm³/mol. The highest BCUT2D eigenvalue weighted by molar-refractivity contribution is 5.98. The van der Waals surface area contributed by atoms with Gasteiger partial charge in [0.15, 0.2) is 11.5 Å². The van der Waals surface area contributed by atoms with Gasteiger partial charge in [-0.25, -0.2) is 0 Å². The maximum Gasteiger partial charge on any atom is 0.306 e. The van der Waals surface area contributed by atoms with E-state index in [4.69, 9.17) is 23.0 Å². The minimum Gasteiger partial charge on any atom is -0.458 e. The highest BCUT2D eigenvalue weighted by atomic mass is 16.6. The lowest BCUT2D eigenvalue weighted by Gasteiger charge is -2.13. The van der Waals surface area contributed by atoms with Crippen LogP contribution in [-0.2, 0) is 41.8 Å². The van der Waals surface area contributed by atoms with Crippen LogP contribution in [0.25, 0.3) is 0 Å². The molecule has 9 nitrogen and oxygen atoms in total. The molecule has 0 spiro atoms. The summed E-state index contributed by atoms with van der Waals surface area (Å²) in [5.41, 5.74) is 0. The number of ketones is 1. The van der Waals surface area contributed by atoms with Crippen molar-refractivity contribution in [3.05, 3.63) is 47.3 Å². The summed E-state index contributed by atoms with van der Waals surface area (Å²) in [5, 5.41) is 0. The second kappa shape index (κ2) is 11.0. The van der Waals surface area contributed by atoms with Crippen molar-refractivity contribution in [2.24, 2.45) is 0 Å². The first-order valence-electron chi connectivity index (χ1n) is 9.60.